The maximum absolute atomic E-state index is 9.35. The van der Waals surface area contributed by atoms with Gasteiger partial charge in [0.2, 0.25) is 0 Å². The van der Waals surface area contributed by atoms with E-state index in [1.54, 1.807) is 6.20 Å². The van der Waals surface area contributed by atoms with E-state index >= 15 is 0 Å². The summed E-state index contributed by atoms with van der Waals surface area (Å²) < 4.78 is 6.39. The lowest BCUT2D eigenvalue weighted by Gasteiger charge is -2.19. The molecule has 96 valence electrons. The minimum atomic E-state index is -0.0384. The molecule has 0 bridgehead atoms. The number of anilines is 1. The third-order valence-electron chi connectivity index (χ3n) is 2.63. The summed E-state index contributed by atoms with van der Waals surface area (Å²) in [5.74, 6) is 2.53. The number of furan rings is 1. The molecule has 2 aromatic heterocycles. The van der Waals surface area contributed by atoms with Gasteiger partial charge in [0.25, 0.3) is 0 Å². The number of nitrogens with zero attached hydrogens (tertiary/aromatic N) is 2. The SMILES string of the molecule is Cc1ccc(CN(C)c2ncc(Br)cc2CO)o1. The van der Waals surface area contributed by atoms with Gasteiger partial charge in [-0.25, -0.2) is 4.98 Å². The van der Waals surface area contributed by atoms with E-state index < -0.39 is 0 Å². The Kier molecular flexibility index (Phi) is 4.04. The number of aliphatic hydroxyl groups excluding tert-OH is 1. The molecule has 0 unspecified atom stereocenters. The van der Waals surface area contributed by atoms with Crippen molar-refractivity contribution in [3.63, 3.8) is 0 Å². The van der Waals surface area contributed by atoms with Crippen LogP contribution < -0.4 is 4.90 Å². The van der Waals surface area contributed by atoms with Crippen molar-refractivity contribution < 1.29 is 9.52 Å². The maximum Gasteiger partial charge on any atom is 0.134 e. The molecular formula is C13H15BrN2O2. The van der Waals surface area contributed by atoms with Gasteiger partial charge in [-0.15, -0.1) is 0 Å². The lowest BCUT2D eigenvalue weighted by Crippen LogP contribution is -2.19. The molecule has 1 N–H and O–H groups in total. The summed E-state index contributed by atoms with van der Waals surface area (Å²) >= 11 is 3.35. The van der Waals surface area contributed by atoms with Gasteiger partial charge in [0.05, 0.1) is 13.2 Å². The van der Waals surface area contributed by atoms with Crippen LogP contribution in [0.4, 0.5) is 5.82 Å². The molecule has 0 aliphatic heterocycles. The minimum absolute atomic E-state index is 0.0384. The molecule has 0 fully saturated rings. The van der Waals surface area contributed by atoms with E-state index in [0.717, 1.165) is 27.4 Å². The van der Waals surface area contributed by atoms with Crippen molar-refractivity contribution in [1.82, 2.24) is 4.98 Å². The number of hydrogen-bond donors (Lipinski definition) is 1. The van der Waals surface area contributed by atoms with Crippen LogP contribution >= 0.6 is 15.9 Å². The number of aromatic nitrogens is 1. The highest BCUT2D eigenvalue weighted by Gasteiger charge is 2.11. The lowest BCUT2D eigenvalue weighted by atomic mass is 10.2. The first kappa shape index (κ1) is 13.1. The Morgan fingerprint density at radius 2 is 2.22 bits per heavy atom. The summed E-state index contributed by atoms with van der Waals surface area (Å²) in [5, 5.41) is 9.35. The summed E-state index contributed by atoms with van der Waals surface area (Å²) in [6, 6.07) is 5.75. The monoisotopic (exact) mass is 310 g/mol. The largest absolute Gasteiger partial charge is 0.464 e. The number of rotatable bonds is 4. The molecule has 0 aromatic carbocycles. The molecule has 4 nitrogen and oxygen atoms in total. The Labute approximate surface area is 114 Å². The summed E-state index contributed by atoms with van der Waals surface area (Å²) in [6.45, 7) is 2.50. The molecule has 0 aliphatic carbocycles. The molecular weight excluding hydrogens is 296 g/mol. The van der Waals surface area contributed by atoms with Gasteiger partial charge in [0, 0.05) is 23.3 Å². The Morgan fingerprint density at radius 3 is 2.83 bits per heavy atom. The number of pyridine rings is 1. The van der Waals surface area contributed by atoms with Gasteiger partial charge >= 0.3 is 0 Å². The zero-order valence-electron chi connectivity index (χ0n) is 10.4. The number of hydrogen-bond acceptors (Lipinski definition) is 4. The average Bonchev–Trinajstić information content (AvgIpc) is 2.74. The molecule has 0 saturated heterocycles. The second-order valence-electron chi connectivity index (χ2n) is 4.16. The van der Waals surface area contributed by atoms with Gasteiger partial charge in [-0.3, -0.25) is 0 Å². The van der Waals surface area contributed by atoms with Crippen molar-refractivity contribution in [2.24, 2.45) is 0 Å². The molecule has 0 saturated carbocycles. The van der Waals surface area contributed by atoms with Crippen LogP contribution in [0, 0.1) is 6.92 Å². The van der Waals surface area contributed by atoms with Crippen molar-refractivity contribution in [3.8, 4) is 0 Å². The molecule has 0 atom stereocenters. The molecule has 5 heteroatoms. The van der Waals surface area contributed by atoms with Crippen molar-refractivity contribution in [2.75, 3.05) is 11.9 Å². The molecule has 2 heterocycles. The van der Waals surface area contributed by atoms with Crippen LogP contribution in [-0.4, -0.2) is 17.1 Å². The minimum Gasteiger partial charge on any atom is -0.464 e. The first-order chi connectivity index (χ1) is 8.60. The third kappa shape index (κ3) is 2.91. The normalized spacial score (nSPS) is 10.7. The molecule has 18 heavy (non-hydrogen) atoms. The highest BCUT2D eigenvalue weighted by atomic mass is 79.9. The van der Waals surface area contributed by atoms with Gasteiger partial charge in [0.1, 0.15) is 17.3 Å². The number of halogens is 1. The zero-order valence-corrected chi connectivity index (χ0v) is 11.9. The maximum atomic E-state index is 9.35. The highest BCUT2D eigenvalue weighted by Crippen LogP contribution is 2.22. The molecule has 0 radical (unpaired) electrons. The van der Waals surface area contributed by atoms with E-state index in [2.05, 4.69) is 20.9 Å². The van der Waals surface area contributed by atoms with Crippen LogP contribution in [0.25, 0.3) is 0 Å². The molecule has 0 amide bonds. The Balaban J connectivity index is 2.20. The quantitative estimate of drug-likeness (QED) is 0.943. The Hall–Kier alpha value is -1.33. The summed E-state index contributed by atoms with van der Waals surface area (Å²) in [6.07, 6.45) is 1.72. The summed E-state index contributed by atoms with van der Waals surface area (Å²) in [7, 11) is 1.92. The van der Waals surface area contributed by atoms with Gasteiger partial charge in [-0.1, -0.05) is 0 Å². The van der Waals surface area contributed by atoms with Crippen molar-refractivity contribution in [1.29, 1.82) is 0 Å². The average molecular weight is 311 g/mol. The predicted octanol–water partition coefficient (Wildman–Crippen LogP) is 2.87. The van der Waals surface area contributed by atoms with E-state index in [-0.39, 0.29) is 6.61 Å². The van der Waals surface area contributed by atoms with Crippen molar-refractivity contribution in [3.05, 3.63) is 46.0 Å². The van der Waals surface area contributed by atoms with Crippen molar-refractivity contribution in [2.45, 2.75) is 20.1 Å². The van der Waals surface area contributed by atoms with Crippen LogP contribution in [0.2, 0.25) is 0 Å². The standard InChI is InChI=1S/C13H15BrN2O2/c1-9-3-4-12(18-9)7-16(2)13-10(8-17)5-11(14)6-15-13/h3-6,17H,7-8H2,1-2H3. The predicted molar refractivity (Wildman–Crippen MR) is 73.4 cm³/mol. The van der Waals surface area contributed by atoms with E-state index in [0.29, 0.717) is 6.54 Å². The van der Waals surface area contributed by atoms with E-state index in [1.165, 1.54) is 0 Å². The van der Waals surface area contributed by atoms with E-state index in [1.807, 2.05) is 37.1 Å². The summed E-state index contributed by atoms with van der Waals surface area (Å²) in [4.78, 5) is 6.28. The molecule has 2 rings (SSSR count). The van der Waals surface area contributed by atoms with Gasteiger partial charge in [-0.2, -0.15) is 0 Å². The molecule has 2 aromatic rings. The molecule has 0 spiro atoms. The number of aliphatic hydroxyl groups is 1. The fraction of sp³-hybridized carbons (Fsp3) is 0.308. The van der Waals surface area contributed by atoms with Gasteiger partial charge in [0.15, 0.2) is 0 Å². The van der Waals surface area contributed by atoms with Crippen molar-refractivity contribution >= 4 is 21.7 Å². The Morgan fingerprint density at radius 1 is 1.44 bits per heavy atom. The van der Waals surface area contributed by atoms with Gasteiger partial charge in [-0.05, 0) is 41.1 Å². The smallest absolute Gasteiger partial charge is 0.134 e. The second-order valence-corrected chi connectivity index (χ2v) is 5.08. The zero-order chi connectivity index (χ0) is 13.1. The highest BCUT2D eigenvalue weighted by molar-refractivity contribution is 9.10. The topological polar surface area (TPSA) is 49.5 Å². The fourth-order valence-electron chi connectivity index (χ4n) is 1.81. The second kappa shape index (κ2) is 5.54. The van der Waals surface area contributed by atoms with Crippen LogP contribution in [0.5, 0.6) is 0 Å². The van der Waals surface area contributed by atoms with E-state index in [4.69, 9.17) is 4.42 Å². The first-order valence-corrected chi connectivity index (χ1v) is 6.41. The van der Waals surface area contributed by atoms with Crippen LogP contribution in [0.3, 0.4) is 0 Å². The Bertz CT molecular complexity index is 540. The van der Waals surface area contributed by atoms with E-state index in [9.17, 15) is 5.11 Å². The van der Waals surface area contributed by atoms with Crippen LogP contribution in [0.15, 0.2) is 33.3 Å². The molecule has 0 aliphatic rings. The third-order valence-corrected chi connectivity index (χ3v) is 3.06. The summed E-state index contributed by atoms with van der Waals surface area (Å²) in [5.41, 5.74) is 0.787. The lowest BCUT2D eigenvalue weighted by molar-refractivity contribution is 0.281. The van der Waals surface area contributed by atoms with Gasteiger partial charge < -0.3 is 14.4 Å². The van der Waals surface area contributed by atoms with Crippen LogP contribution in [0.1, 0.15) is 17.1 Å². The first-order valence-electron chi connectivity index (χ1n) is 5.62. The van der Waals surface area contributed by atoms with Crippen LogP contribution in [-0.2, 0) is 13.2 Å². The number of aryl methyl sites for hydroxylation is 1. The fourth-order valence-corrected chi connectivity index (χ4v) is 2.19.